The quantitative estimate of drug-likeness (QED) is 0.532. The number of anilines is 1. The van der Waals surface area contributed by atoms with Crippen molar-refractivity contribution in [2.24, 2.45) is 5.10 Å². The minimum Gasteiger partial charge on any atom is -0.368 e. The summed E-state index contributed by atoms with van der Waals surface area (Å²) in [5.74, 6) is -0.264. The SMILES string of the molecule is C=C1SC(Cc2cc[nH]n2)=NN(C)C(C(=O)NCc2ccnc(N)n2)=C1C=N. The van der Waals surface area contributed by atoms with Crippen LogP contribution in [0.15, 0.2) is 52.4 Å². The number of amides is 1. The number of allylic oxidation sites excluding steroid dienone is 1. The van der Waals surface area contributed by atoms with E-state index in [0.717, 1.165) is 11.9 Å². The van der Waals surface area contributed by atoms with E-state index in [1.807, 2.05) is 6.07 Å². The van der Waals surface area contributed by atoms with E-state index < -0.39 is 5.91 Å². The molecule has 28 heavy (non-hydrogen) atoms. The molecular weight excluding hydrogens is 378 g/mol. The summed E-state index contributed by atoms with van der Waals surface area (Å²) in [6.07, 6.45) is 4.85. The van der Waals surface area contributed by atoms with Gasteiger partial charge in [-0.1, -0.05) is 18.3 Å². The minimum absolute atomic E-state index is 0.134. The summed E-state index contributed by atoms with van der Waals surface area (Å²) in [6, 6.07) is 3.51. The molecule has 5 N–H and O–H groups in total. The van der Waals surface area contributed by atoms with E-state index in [-0.39, 0.29) is 18.2 Å². The molecule has 11 heteroatoms. The average Bonchev–Trinajstić information content (AvgIpc) is 3.12. The molecule has 1 amide bonds. The van der Waals surface area contributed by atoms with E-state index >= 15 is 0 Å². The number of nitrogens with zero attached hydrogens (tertiary/aromatic N) is 5. The van der Waals surface area contributed by atoms with Crippen LogP contribution in [0.1, 0.15) is 11.4 Å². The number of hydrazone groups is 1. The summed E-state index contributed by atoms with van der Waals surface area (Å²) in [6.45, 7) is 4.17. The number of aromatic amines is 1. The van der Waals surface area contributed by atoms with E-state index in [9.17, 15) is 4.79 Å². The highest BCUT2D eigenvalue weighted by Crippen LogP contribution is 2.31. The lowest BCUT2D eigenvalue weighted by atomic mass is 10.2. The molecule has 0 saturated heterocycles. The molecule has 0 fully saturated rings. The van der Waals surface area contributed by atoms with E-state index in [1.165, 1.54) is 23.0 Å². The van der Waals surface area contributed by atoms with Gasteiger partial charge in [-0.05, 0) is 12.1 Å². The van der Waals surface area contributed by atoms with Crippen LogP contribution in [0.3, 0.4) is 0 Å². The molecule has 3 heterocycles. The third kappa shape index (κ3) is 4.43. The molecule has 0 unspecified atom stereocenters. The first kappa shape index (κ1) is 19.3. The third-order valence-electron chi connectivity index (χ3n) is 3.79. The van der Waals surface area contributed by atoms with Gasteiger partial charge in [0, 0.05) is 42.6 Å². The van der Waals surface area contributed by atoms with Gasteiger partial charge in [0.2, 0.25) is 5.95 Å². The number of hydrogen-bond acceptors (Lipinski definition) is 9. The Balaban J connectivity index is 1.81. The molecule has 0 radical (unpaired) electrons. The Morgan fingerprint density at radius 3 is 2.96 bits per heavy atom. The van der Waals surface area contributed by atoms with Gasteiger partial charge in [-0.15, -0.1) is 0 Å². The number of nitrogens with one attached hydrogen (secondary N) is 3. The molecular formula is C17H19N9OS. The largest absolute Gasteiger partial charge is 0.368 e. The van der Waals surface area contributed by atoms with Crippen molar-refractivity contribution in [1.82, 2.24) is 30.5 Å². The van der Waals surface area contributed by atoms with Gasteiger partial charge in [-0.25, -0.2) is 9.97 Å². The Bertz CT molecular complexity index is 965. The third-order valence-corrected chi connectivity index (χ3v) is 4.72. The smallest absolute Gasteiger partial charge is 0.270 e. The van der Waals surface area contributed by atoms with Gasteiger partial charge >= 0.3 is 0 Å². The van der Waals surface area contributed by atoms with Crippen molar-refractivity contribution in [1.29, 1.82) is 5.41 Å². The van der Waals surface area contributed by atoms with Gasteiger partial charge < -0.3 is 16.5 Å². The summed E-state index contributed by atoms with van der Waals surface area (Å²) >= 11 is 1.31. The summed E-state index contributed by atoms with van der Waals surface area (Å²) in [5, 5.41) is 24.1. The Morgan fingerprint density at radius 1 is 1.46 bits per heavy atom. The predicted molar refractivity (Wildman–Crippen MR) is 108 cm³/mol. The lowest BCUT2D eigenvalue weighted by Gasteiger charge is -2.18. The number of rotatable bonds is 6. The zero-order valence-electron chi connectivity index (χ0n) is 15.1. The van der Waals surface area contributed by atoms with E-state index in [2.05, 4.69) is 37.2 Å². The molecule has 0 saturated carbocycles. The number of likely N-dealkylation sites (N-methyl/N-ethyl adjacent to an activating group) is 1. The molecule has 10 nitrogen and oxygen atoms in total. The van der Waals surface area contributed by atoms with Crippen molar-refractivity contribution in [2.45, 2.75) is 13.0 Å². The maximum absolute atomic E-state index is 12.8. The maximum atomic E-state index is 12.8. The highest BCUT2D eigenvalue weighted by atomic mass is 32.2. The van der Waals surface area contributed by atoms with Crippen molar-refractivity contribution in [3.05, 3.63) is 58.7 Å². The molecule has 3 rings (SSSR count). The van der Waals surface area contributed by atoms with Crippen molar-refractivity contribution in [3.63, 3.8) is 0 Å². The Labute approximate surface area is 165 Å². The molecule has 2 aromatic heterocycles. The Hall–Kier alpha value is -3.47. The van der Waals surface area contributed by atoms with Crippen LogP contribution in [0.25, 0.3) is 0 Å². The van der Waals surface area contributed by atoms with Crippen molar-refractivity contribution in [3.8, 4) is 0 Å². The second kappa shape index (κ2) is 8.48. The number of nitrogen functional groups attached to an aromatic ring is 1. The number of aromatic nitrogens is 4. The zero-order valence-corrected chi connectivity index (χ0v) is 16.0. The summed E-state index contributed by atoms with van der Waals surface area (Å²) in [7, 11) is 1.66. The predicted octanol–water partition coefficient (Wildman–Crippen LogP) is 1.05. The fourth-order valence-corrected chi connectivity index (χ4v) is 3.47. The summed E-state index contributed by atoms with van der Waals surface area (Å²) in [5.41, 5.74) is 7.58. The number of carbonyl (C=O) groups is 1. The molecule has 2 aromatic rings. The van der Waals surface area contributed by atoms with E-state index in [1.54, 1.807) is 19.3 Å². The van der Waals surface area contributed by atoms with E-state index in [0.29, 0.717) is 27.6 Å². The summed E-state index contributed by atoms with van der Waals surface area (Å²) < 4.78 is 0. The van der Waals surface area contributed by atoms with Gasteiger partial charge in [0.05, 0.1) is 17.9 Å². The fourth-order valence-electron chi connectivity index (χ4n) is 2.54. The highest BCUT2D eigenvalue weighted by molar-refractivity contribution is 8.17. The topological polar surface area (TPSA) is 149 Å². The molecule has 1 aliphatic heterocycles. The van der Waals surface area contributed by atoms with Crippen LogP contribution in [0, 0.1) is 5.41 Å². The van der Waals surface area contributed by atoms with Gasteiger partial charge in [0.1, 0.15) is 10.7 Å². The van der Waals surface area contributed by atoms with Gasteiger partial charge in [0.15, 0.2) is 0 Å². The van der Waals surface area contributed by atoms with Crippen LogP contribution in [0.2, 0.25) is 0 Å². The molecule has 0 aliphatic carbocycles. The first-order valence-electron chi connectivity index (χ1n) is 8.25. The van der Waals surface area contributed by atoms with Crippen LogP contribution >= 0.6 is 11.8 Å². The second-order valence-corrected chi connectivity index (χ2v) is 6.95. The maximum Gasteiger partial charge on any atom is 0.270 e. The van der Waals surface area contributed by atoms with Crippen LogP contribution in [-0.2, 0) is 17.8 Å². The van der Waals surface area contributed by atoms with E-state index in [4.69, 9.17) is 11.1 Å². The molecule has 0 bridgehead atoms. The van der Waals surface area contributed by atoms with Crippen LogP contribution in [0.5, 0.6) is 0 Å². The second-order valence-electron chi connectivity index (χ2n) is 5.78. The minimum atomic E-state index is -0.398. The number of hydrogen-bond donors (Lipinski definition) is 4. The lowest BCUT2D eigenvalue weighted by Crippen LogP contribution is -2.32. The van der Waals surface area contributed by atoms with Gasteiger partial charge in [0.25, 0.3) is 5.91 Å². The molecule has 0 atom stereocenters. The normalized spacial score (nSPS) is 14.5. The summed E-state index contributed by atoms with van der Waals surface area (Å²) in [4.78, 5) is 21.3. The van der Waals surface area contributed by atoms with Crippen LogP contribution in [0.4, 0.5) is 5.95 Å². The molecule has 0 aromatic carbocycles. The zero-order chi connectivity index (χ0) is 20.1. The average molecular weight is 397 g/mol. The molecule has 0 spiro atoms. The monoisotopic (exact) mass is 397 g/mol. The number of nitrogens with two attached hydrogens (primary N) is 1. The van der Waals surface area contributed by atoms with Crippen molar-refractivity contribution in [2.75, 3.05) is 12.8 Å². The first-order chi connectivity index (χ1) is 13.5. The molecule has 144 valence electrons. The van der Waals surface area contributed by atoms with Crippen LogP contribution < -0.4 is 11.1 Å². The number of thioether (sulfide) groups is 1. The Kier molecular flexibility index (Phi) is 5.84. The standard InChI is InChI=1S/C17H19N9OS/c1-10-13(8-18)15(16(27)21-9-12-3-5-20-17(19)23-12)26(2)25-14(28-10)7-11-4-6-22-24-11/h3-6,8,18H,1,7,9H2,2H3,(H,21,27)(H,22,24)(H2,19,20,23). The number of H-pyrrole nitrogens is 1. The highest BCUT2D eigenvalue weighted by Gasteiger charge is 2.25. The lowest BCUT2D eigenvalue weighted by molar-refractivity contribution is -0.119. The van der Waals surface area contributed by atoms with Crippen LogP contribution in [-0.4, -0.2) is 49.4 Å². The Morgan fingerprint density at radius 2 is 2.29 bits per heavy atom. The van der Waals surface area contributed by atoms with Gasteiger partial charge in [-0.2, -0.15) is 10.2 Å². The first-order valence-corrected chi connectivity index (χ1v) is 9.07. The van der Waals surface area contributed by atoms with Crippen molar-refractivity contribution < 1.29 is 4.79 Å². The van der Waals surface area contributed by atoms with Gasteiger partial charge in [-0.3, -0.25) is 14.9 Å². The fraction of sp³-hybridized carbons (Fsp3) is 0.176. The van der Waals surface area contributed by atoms with Crippen molar-refractivity contribution >= 4 is 34.9 Å². The number of carbonyl (C=O) groups excluding carboxylic acids is 1. The molecule has 1 aliphatic rings.